The number of halogens is 2. The van der Waals surface area contributed by atoms with Crippen LogP contribution in [0.3, 0.4) is 0 Å². The van der Waals surface area contributed by atoms with Gasteiger partial charge in [-0.25, -0.2) is 9.18 Å². The number of carboxylic acid groups (broad SMARTS) is 1. The van der Waals surface area contributed by atoms with Gasteiger partial charge in [-0.1, -0.05) is 71.4 Å². The Morgan fingerprint density at radius 2 is 1.57 bits per heavy atom. The zero-order valence-electron chi connectivity index (χ0n) is 19.2. The van der Waals surface area contributed by atoms with Crippen LogP contribution < -0.4 is 4.90 Å². The Bertz CT molecular complexity index is 1160. The number of alkyl halides is 1. The van der Waals surface area contributed by atoms with Gasteiger partial charge < -0.3 is 10.0 Å². The first-order valence-corrected chi connectivity index (χ1v) is 11.6. The van der Waals surface area contributed by atoms with Gasteiger partial charge in [0.1, 0.15) is 6.04 Å². The van der Waals surface area contributed by atoms with Gasteiger partial charge in [-0.05, 0) is 47.9 Å². The summed E-state index contributed by atoms with van der Waals surface area (Å²) in [5, 5.41) is 13.2. The summed E-state index contributed by atoms with van der Waals surface area (Å²) in [4.78, 5) is 37.6. The number of aliphatic carboxylic acids is 1. The Balaban J connectivity index is 1.72. The Morgan fingerprint density at radius 1 is 1.00 bits per heavy atom. The first kappa shape index (κ1) is 26.0. The van der Waals surface area contributed by atoms with Gasteiger partial charge in [-0.3, -0.25) is 4.79 Å². The molecule has 0 fully saturated rings. The van der Waals surface area contributed by atoms with Crippen molar-refractivity contribution in [2.75, 3.05) is 11.4 Å². The lowest BCUT2D eigenvalue weighted by molar-refractivity contribution is -0.152. The van der Waals surface area contributed by atoms with Crippen molar-refractivity contribution < 1.29 is 19.1 Å². The molecule has 0 spiro atoms. The number of carbonyl (C=O) groups is 2. The number of rotatable bonds is 11. The molecule has 0 saturated heterocycles. The normalized spacial score (nSPS) is 13.5. The lowest BCUT2D eigenvalue weighted by Gasteiger charge is -2.25. The fourth-order valence-electron chi connectivity index (χ4n) is 3.91. The van der Waals surface area contributed by atoms with E-state index in [1.165, 1.54) is 4.90 Å². The molecule has 1 amide bonds. The summed E-state index contributed by atoms with van der Waals surface area (Å²) in [6.07, 6.45) is -1.57. The van der Waals surface area contributed by atoms with E-state index in [9.17, 15) is 19.6 Å². The second kappa shape index (κ2) is 11.7. The number of amides is 1. The summed E-state index contributed by atoms with van der Waals surface area (Å²) >= 11 is 5.92. The molecule has 8 heteroatoms. The summed E-state index contributed by atoms with van der Waals surface area (Å²) in [6, 6.07) is 21.6. The fourth-order valence-corrected chi connectivity index (χ4v) is 4.04. The standard InChI is InChI=1S/C27H26ClFN2O4/c1-2-31(23-6-4-3-5-7-23)25(32)16-17-27(29,26(33)34)18-24(30-35)21-10-8-19(9-11-21)20-12-14-22(28)15-13-20/h3-15,24H,2,16-18H2,1H3,(H,33,34). The molecule has 0 aliphatic heterocycles. The van der Waals surface area contributed by atoms with E-state index in [0.717, 1.165) is 11.1 Å². The predicted octanol–water partition coefficient (Wildman–Crippen LogP) is 6.83. The average molecular weight is 497 g/mol. The maximum Gasteiger partial charge on any atom is 0.341 e. The number of hydrogen-bond donors (Lipinski definition) is 1. The van der Waals surface area contributed by atoms with E-state index in [1.54, 1.807) is 67.6 Å². The van der Waals surface area contributed by atoms with E-state index in [4.69, 9.17) is 11.6 Å². The zero-order chi connectivity index (χ0) is 25.4. The highest BCUT2D eigenvalue weighted by Crippen LogP contribution is 2.35. The molecule has 0 aliphatic carbocycles. The van der Waals surface area contributed by atoms with Crippen molar-refractivity contribution >= 4 is 29.2 Å². The van der Waals surface area contributed by atoms with Crippen LogP contribution in [0.5, 0.6) is 0 Å². The van der Waals surface area contributed by atoms with Crippen LogP contribution in [0.4, 0.5) is 10.1 Å². The monoisotopic (exact) mass is 496 g/mol. The Labute approximate surface area is 208 Å². The van der Waals surface area contributed by atoms with Gasteiger partial charge in [0, 0.05) is 36.5 Å². The number of nitroso groups, excluding NO2 is 1. The number of hydrogen-bond acceptors (Lipinski definition) is 4. The van der Waals surface area contributed by atoms with Crippen LogP contribution in [0, 0.1) is 4.91 Å². The summed E-state index contributed by atoms with van der Waals surface area (Å²) in [7, 11) is 0. The summed E-state index contributed by atoms with van der Waals surface area (Å²) < 4.78 is 15.6. The number of anilines is 1. The number of para-hydroxylation sites is 1. The third-order valence-electron chi connectivity index (χ3n) is 5.92. The molecular weight excluding hydrogens is 471 g/mol. The Kier molecular flexibility index (Phi) is 8.71. The van der Waals surface area contributed by atoms with Crippen LogP contribution in [-0.4, -0.2) is 29.2 Å². The fraction of sp³-hybridized carbons (Fsp3) is 0.259. The van der Waals surface area contributed by atoms with Crippen LogP contribution in [0.15, 0.2) is 84.0 Å². The second-order valence-corrected chi connectivity index (χ2v) is 8.63. The van der Waals surface area contributed by atoms with Crippen molar-refractivity contribution in [3.63, 3.8) is 0 Å². The van der Waals surface area contributed by atoms with E-state index in [2.05, 4.69) is 5.18 Å². The molecule has 3 aromatic rings. The summed E-state index contributed by atoms with van der Waals surface area (Å²) in [5.74, 6) is -2.12. The van der Waals surface area contributed by atoms with E-state index in [0.29, 0.717) is 22.8 Å². The molecule has 35 heavy (non-hydrogen) atoms. The quantitative estimate of drug-likeness (QED) is 0.295. The topological polar surface area (TPSA) is 87.0 Å². The molecule has 0 radical (unpaired) electrons. The molecule has 2 unspecified atom stereocenters. The van der Waals surface area contributed by atoms with Gasteiger partial charge in [0.2, 0.25) is 11.6 Å². The van der Waals surface area contributed by atoms with Crippen LogP contribution in [0.1, 0.15) is 37.8 Å². The second-order valence-electron chi connectivity index (χ2n) is 8.20. The predicted molar refractivity (Wildman–Crippen MR) is 135 cm³/mol. The molecule has 2 atom stereocenters. The van der Waals surface area contributed by atoms with E-state index >= 15 is 4.39 Å². The van der Waals surface area contributed by atoms with Crippen LogP contribution in [-0.2, 0) is 9.59 Å². The first-order valence-electron chi connectivity index (χ1n) is 11.2. The van der Waals surface area contributed by atoms with Crippen molar-refractivity contribution in [1.82, 2.24) is 0 Å². The number of nitrogens with zero attached hydrogens (tertiary/aromatic N) is 2. The number of carboxylic acids is 1. The minimum absolute atomic E-state index is 0.327. The molecule has 3 rings (SSSR count). The van der Waals surface area contributed by atoms with Crippen LogP contribution >= 0.6 is 11.6 Å². The Morgan fingerprint density at radius 3 is 2.09 bits per heavy atom. The molecule has 0 bridgehead atoms. The smallest absolute Gasteiger partial charge is 0.341 e. The maximum absolute atomic E-state index is 15.6. The summed E-state index contributed by atoms with van der Waals surface area (Å²) in [6.45, 7) is 2.14. The van der Waals surface area contributed by atoms with E-state index in [1.807, 2.05) is 18.2 Å². The van der Waals surface area contributed by atoms with Crippen molar-refractivity contribution in [1.29, 1.82) is 0 Å². The van der Waals surface area contributed by atoms with Crippen molar-refractivity contribution in [3.05, 3.63) is 94.4 Å². The number of benzene rings is 3. The molecule has 182 valence electrons. The molecule has 3 aromatic carbocycles. The van der Waals surface area contributed by atoms with Crippen LogP contribution in [0.2, 0.25) is 5.02 Å². The third kappa shape index (κ3) is 6.51. The van der Waals surface area contributed by atoms with Gasteiger partial charge in [0.25, 0.3) is 0 Å². The first-order chi connectivity index (χ1) is 16.8. The third-order valence-corrected chi connectivity index (χ3v) is 6.17. The van der Waals surface area contributed by atoms with Crippen molar-refractivity contribution in [2.45, 2.75) is 37.9 Å². The molecule has 1 N–H and O–H groups in total. The summed E-state index contributed by atoms with van der Waals surface area (Å²) in [5.41, 5.74) is 0.00392. The highest BCUT2D eigenvalue weighted by atomic mass is 35.5. The van der Waals surface area contributed by atoms with Crippen LogP contribution in [0.25, 0.3) is 11.1 Å². The van der Waals surface area contributed by atoms with E-state index in [-0.39, 0.29) is 6.42 Å². The lowest BCUT2D eigenvalue weighted by atomic mass is 9.88. The number of carbonyl (C=O) groups excluding carboxylic acids is 1. The highest BCUT2D eigenvalue weighted by molar-refractivity contribution is 6.30. The van der Waals surface area contributed by atoms with Gasteiger partial charge in [0.05, 0.1) is 0 Å². The molecule has 0 saturated carbocycles. The van der Waals surface area contributed by atoms with Gasteiger partial charge in [-0.2, -0.15) is 4.91 Å². The largest absolute Gasteiger partial charge is 0.479 e. The maximum atomic E-state index is 15.6. The molecule has 0 heterocycles. The molecular formula is C27H26ClFN2O4. The molecule has 6 nitrogen and oxygen atoms in total. The van der Waals surface area contributed by atoms with Gasteiger partial charge in [-0.15, -0.1) is 0 Å². The molecule has 0 aromatic heterocycles. The SMILES string of the molecule is CCN(C(=O)CCC(F)(CC(N=O)c1ccc(-c2ccc(Cl)cc2)cc1)C(=O)O)c1ccccc1. The zero-order valence-corrected chi connectivity index (χ0v) is 20.0. The van der Waals surface area contributed by atoms with Gasteiger partial charge >= 0.3 is 5.97 Å². The Hall–Kier alpha value is -3.58. The van der Waals surface area contributed by atoms with Crippen molar-refractivity contribution in [3.8, 4) is 11.1 Å². The van der Waals surface area contributed by atoms with E-state index < -0.39 is 36.4 Å². The van der Waals surface area contributed by atoms with Gasteiger partial charge in [0.15, 0.2) is 0 Å². The van der Waals surface area contributed by atoms with Crippen molar-refractivity contribution in [2.24, 2.45) is 5.18 Å². The average Bonchev–Trinajstić information content (AvgIpc) is 2.88. The lowest BCUT2D eigenvalue weighted by Crippen LogP contribution is -2.38. The highest BCUT2D eigenvalue weighted by Gasteiger charge is 2.42. The minimum atomic E-state index is -2.79. The molecule has 0 aliphatic rings. The minimum Gasteiger partial charge on any atom is -0.479 e.